The van der Waals surface area contributed by atoms with Gasteiger partial charge in [0.2, 0.25) is 5.95 Å². The van der Waals surface area contributed by atoms with E-state index in [0.717, 1.165) is 30.1 Å². The second kappa shape index (κ2) is 8.31. The minimum atomic E-state index is 0.244. The van der Waals surface area contributed by atoms with E-state index >= 15 is 0 Å². The summed E-state index contributed by atoms with van der Waals surface area (Å²) < 4.78 is 6.30. The van der Waals surface area contributed by atoms with Gasteiger partial charge in [-0.15, -0.1) is 0 Å². The molecular formula is C21H30N6O. The van der Waals surface area contributed by atoms with E-state index in [9.17, 15) is 0 Å². The van der Waals surface area contributed by atoms with Crippen molar-refractivity contribution in [3.63, 3.8) is 0 Å². The summed E-state index contributed by atoms with van der Waals surface area (Å²) in [5.41, 5.74) is 8.02. The summed E-state index contributed by atoms with van der Waals surface area (Å²) in [4.78, 5) is 15.6. The van der Waals surface area contributed by atoms with Crippen molar-refractivity contribution in [2.24, 2.45) is 0 Å². The van der Waals surface area contributed by atoms with Crippen molar-refractivity contribution in [1.29, 1.82) is 0 Å². The summed E-state index contributed by atoms with van der Waals surface area (Å²) in [5.74, 6) is 3.22. The van der Waals surface area contributed by atoms with Crippen molar-refractivity contribution in [2.45, 2.75) is 51.4 Å². The maximum Gasteiger partial charge on any atom is 0.222 e. The normalized spacial score (nSPS) is 17.2. The first-order chi connectivity index (χ1) is 13.6. The Bertz CT molecular complexity index is 815. The van der Waals surface area contributed by atoms with Gasteiger partial charge >= 0.3 is 0 Å². The predicted octanol–water partition coefficient (Wildman–Crippen LogP) is 3.75. The van der Waals surface area contributed by atoms with Crippen LogP contribution in [-0.4, -0.2) is 46.0 Å². The van der Waals surface area contributed by atoms with E-state index in [2.05, 4.69) is 45.1 Å². The molecule has 28 heavy (non-hydrogen) atoms. The quantitative estimate of drug-likeness (QED) is 0.718. The lowest BCUT2D eigenvalue weighted by molar-refractivity contribution is 0.352. The molecule has 4 rings (SSSR count). The van der Waals surface area contributed by atoms with Crippen molar-refractivity contribution in [1.82, 2.24) is 19.9 Å². The number of rotatable bonds is 8. The molecule has 2 aromatic rings. The molecule has 7 heteroatoms. The van der Waals surface area contributed by atoms with Gasteiger partial charge in [0.15, 0.2) is 11.6 Å². The number of nitrogen functional groups attached to an aromatic ring is 1. The van der Waals surface area contributed by atoms with E-state index < -0.39 is 0 Å². The fourth-order valence-corrected chi connectivity index (χ4v) is 3.63. The van der Waals surface area contributed by atoms with Crippen molar-refractivity contribution in [3.05, 3.63) is 29.7 Å². The average molecular weight is 383 g/mol. The van der Waals surface area contributed by atoms with E-state index in [1.807, 2.05) is 6.20 Å². The number of pyridine rings is 1. The van der Waals surface area contributed by atoms with Gasteiger partial charge in [0, 0.05) is 42.5 Å². The maximum atomic E-state index is 6.30. The Balaban J connectivity index is 1.52. The zero-order valence-electron chi connectivity index (χ0n) is 16.8. The van der Waals surface area contributed by atoms with Gasteiger partial charge in [0.05, 0.1) is 6.20 Å². The topological polar surface area (TPSA) is 89.2 Å². The SMILES string of the molecule is CC(C)c1cnc(C2CC2)cc1Oc1cnc(N)nc1NCCN1CCCC1. The maximum absolute atomic E-state index is 6.30. The van der Waals surface area contributed by atoms with Crippen LogP contribution in [0.1, 0.15) is 62.6 Å². The largest absolute Gasteiger partial charge is 0.451 e. The number of nitrogens with one attached hydrogen (secondary N) is 1. The molecular weight excluding hydrogens is 352 g/mol. The van der Waals surface area contributed by atoms with Gasteiger partial charge in [-0.25, -0.2) is 4.98 Å². The summed E-state index contributed by atoms with van der Waals surface area (Å²) in [6.45, 7) is 8.44. The van der Waals surface area contributed by atoms with E-state index in [1.54, 1.807) is 6.20 Å². The van der Waals surface area contributed by atoms with Crippen LogP contribution < -0.4 is 15.8 Å². The molecule has 0 atom stereocenters. The molecule has 1 aliphatic carbocycles. The number of ether oxygens (including phenoxy) is 1. The van der Waals surface area contributed by atoms with Crippen LogP contribution in [0.2, 0.25) is 0 Å². The minimum absolute atomic E-state index is 0.244. The average Bonchev–Trinajstić information content (AvgIpc) is 3.40. The Kier molecular flexibility index (Phi) is 5.62. The third kappa shape index (κ3) is 4.52. The fourth-order valence-electron chi connectivity index (χ4n) is 3.63. The van der Waals surface area contributed by atoms with Crippen LogP contribution >= 0.6 is 0 Å². The first-order valence-electron chi connectivity index (χ1n) is 10.4. The molecule has 0 amide bonds. The monoisotopic (exact) mass is 382 g/mol. The van der Waals surface area contributed by atoms with Crippen LogP contribution in [0.25, 0.3) is 0 Å². The summed E-state index contributed by atoms with van der Waals surface area (Å²) >= 11 is 0. The zero-order valence-corrected chi connectivity index (χ0v) is 16.8. The molecule has 3 N–H and O–H groups in total. The van der Waals surface area contributed by atoms with E-state index in [1.165, 1.54) is 38.8 Å². The number of hydrogen-bond donors (Lipinski definition) is 2. The van der Waals surface area contributed by atoms with Crippen molar-refractivity contribution in [2.75, 3.05) is 37.2 Å². The second-order valence-electron chi connectivity index (χ2n) is 8.09. The summed E-state index contributed by atoms with van der Waals surface area (Å²) in [5, 5.41) is 3.39. The molecule has 0 spiro atoms. The van der Waals surface area contributed by atoms with Crippen LogP contribution in [0.4, 0.5) is 11.8 Å². The molecule has 7 nitrogen and oxygen atoms in total. The van der Waals surface area contributed by atoms with Gasteiger partial charge in [-0.05, 0) is 44.7 Å². The highest BCUT2D eigenvalue weighted by atomic mass is 16.5. The molecule has 3 heterocycles. The van der Waals surface area contributed by atoms with E-state index in [4.69, 9.17) is 10.5 Å². The zero-order chi connectivity index (χ0) is 19.5. The minimum Gasteiger partial charge on any atom is -0.451 e. The third-order valence-corrected chi connectivity index (χ3v) is 5.45. The number of nitrogens with zero attached hydrogens (tertiary/aromatic N) is 4. The molecule has 0 bridgehead atoms. The molecule has 2 fully saturated rings. The molecule has 2 aromatic heterocycles. The molecule has 1 saturated carbocycles. The lowest BCUT2D eigenvalue weighted by Gasteiger charge is -2.18. The number of anilines is 2. The first-order valence-corrected chi connectivity index (χ1v) is 10.4. The Morgan fingerprint density at radius 1 is 1.18 bits per heavy atom. The van der Waals surface area contributed by atoms with Crippen molar-refractivity contribution >= 4 is 11.8 Å². The number of nitrogens with two attached hydrogens (primary N) is 1. The van der Waals surface area contributed by atoms with E-state index in [0.29, 0.717) is 23.4 Å². The Morgan fingerprint density at radius 2 is 1.96 bits per heavy atom. The van der Waals surface area contributed by atoms with Gasteiger partial charge in [0.25, 0.3) is 0 Å². The molecule has 0 unspecified atom stereocenters. The van der Waals surface area contributed by atoms with Gasteiger partial charge in [-0.3, -0.25) is 4.98 Å². The number of aromatic nitrogens is 3. The van der Waals surface area contributed by atoms with Crippen LogP contribution in [0.5, 0.6) is 11.5 Å². The third-order valence-electron chi connectivity index (χ3n) is 5.45. The van der Waals surface area contributed by atoms with Gasteiger partial charge in [-0.2, -0.15) is 4.98 Å². The van der Waals surface area contributed by atoms with Crippen LogP contribution in [0, 0.1) is 0 Å². The number of likely N-dealkylation sites (tertiary alicyclic amines) is 1. The summed E-state index contributed by atoms with van der Waals surface area (Å²) in [6, 6.07) is 2.08. The fraction of sp³-hybridized carbons (Fsp3) is 0.571. The molecule has 0 radical (unpaired) electrons. The van der Waals surface area contributed by atoms with Crippen molar-refractivity contribution in [3.8, 4) is 11.5 Å². The lowest BCUT2D eigenvalue weighted by Crippen LogP contribution is -2.26. The second-order valence-corrected chi connectivity index (χ2v) is 8.09. The molecule has 150 valence electrons. The number of hydrogen-bond acceptors (Lipinski definition) is 7. The van der Waals surface area contributed by atoms with Crippen LogP contribution in [0.15, 0.2) is 18.5 Å². The van der Waals surface area contributed by atoms with Gasteiger partial charge in [-0.1, -0.05) is 13.8 Å². The van der Waals surface area contributed by atoms with Crippen LogP contribution in [-0.2, 0) is 0 Å². The lowest BCUT2D eigenvalue weighted by atomic mass is 10.0. The Labute approximate surface area is 166 Å². The van der Waals surface area contributed by atoms with Gasteiger partial charge in [0.1, 0.15) is 5.75 Å². The highest BCUT2D eigenvalue weighted by Crippen LogP contribution is 2.42. The highest BCUT2D eigenvalue weighted by molar-refractivity contribution is 5.54. The Hall–Kier alpha value is -2.41. The first kappa shape index (κ1) is 18.9. The smallest absolute Gasteiger partial charge is 0.222 e. The standard InChI is InChI=1S/C21H30N6O/c1-14(2)16-12-24-17(15-5-6-15)11-18(16)28-19-13-25-21(22)26-20(19)23-7-10-27-8-3-4-9-27/h11-15H,3-10H2,1-2H3,(H3,22,23,25,26). The van der Waals surface area contributed by atoms with Gasteiger partial charge < -0.3 is 20.7 Å². The molecule has 2 aliphatic rings. The van der Waals surface area contributed by atoms with Crippen LogP contribution in [0.3, 0.4) is 0 Å². The summed E-state index contributed by atoms with van der Waals surface area (Å²) in [6.07, 6.45) is 8.61. The van der Waals surface area contributed by atoms with E-state index in [-0.39, 0.29) is 5.95 Å². The molecule has 1 saturated heterocycles. The van der Waals surface area contributed by atoms with Crippen molar-refractivity contribution < 1.29 is 4.74 Å². The summed E-state index contributed by atoms with van der Waals surface area (Å²) in [7, 11) is 0. The Morgan fingerprint density at radius 3 is 2.68 bits per heavy atom. The predicted molar refractivity (Wildman–Crippen MR) is 111 cm³/mol. The molecule has 0 aromatic carbocycles. The molecule has 1 aliphatic heterocycles. The highest BCUT2D eigenvalue weighted by Gasteiger charge is 2.26.